The lowest BCUT2D eigenvalue weighted by Gasteiger charge is -2.38. The van der Waals surface area contributed by atoms with E-state index in [1.54, 1.807) is 5.38 Å². The molecular weight excluding hydrogens is 337 g/mol. The molecule has 0 radical (unpaired) electrons. The second-order valence-electron chi connectivity index (χ2n) is 6.70. The van der Waals surface area contributed by atoms with Crippen LogP contribution in [0.5, 0.6) is 0 Å². The summed E-state index contributed by atoms with van der Waals surface area (Å²) in [7, 11) is 0. The van der Waals surface area contributed by atoms with Crippen LogP contribution in [0, 0.1) is 5.82 Å². The molecule has 1 fully saturated rings. The van der Waals surface area contributed by atoms with Crippen molar-refractivity contribution in [1.82, 2.24) is 10.3 Å². The minimum Gasteiger partial charge on any atom is -0.350 e. The number of nitrogens with zero attached hydrogens (tertiary/aromatic N) is 1. The number of amides is 1. The topological polar surface area (TPSA) is 68.0 Å². The molecule has 0 atom stereocenters. The normalized spacial score (nSPS) is 16.6. The summed E-state index contributed by atoms with van der Waals surface area (Å²) >= 11 is 1.47. The summed E-state index contributed by atoms with van der Waals surface area (Å²) in [6.45, 7) is 1.09. The van der Waals surface area contributed by atoms with Crippen molar-refractivity contribution < 1.29 is 9.18 Å². The van der Waals surface area contributed by atoms with E-state index in [1.807, 2.05) is 12.1 Å². The molecule has 3 rings (SSSR count). The van der Waals surface area contributed by atoms with Gasteiger partial charge in [-0.15, -0.1) is 11.3 Å². The number of thiazole rings is 1. The van der Waals surface area contributed by atoms with Gasteiger partial charge in [0.2, 0.25) is 0 Å². The molecule has 0 saturated heterocycles. The van der Waals surface area contributed by atoms with Crippen LogP contribution in [-0.4, -0.2) is 24.0 Å². The molecule has 1 aromatic carbocycles. The second kappa shape index (κ2) is 8.06. The maximum absolute atomic E-state index is 13.3. The molecule has 1 heterocycles. The largest absolute Gasteiger partial charge is 0.350 e. The zero-order chi connectivity index (χ0) is 17.7. The maximum atomic E-state index is 13.3. The van der Waals surface area contributed by atoms with Crippen LogP contribution in [0.3, 0.4) is 0 Å². The molecule has 1 amide bonds. The molecule has 134 valence electrons. The van der Waals surface area contributed by atoms with Gasteiger partial charge < -0.3 is 11.1 Å². The molecule has 1 saturated carbocycles. The van der Waals surface area contributed by atoms with Gasteiger partial charge in [-0.3, -0.25) is 4.79 Å². The molecule has 2 aromatic rings. The first kappa shape index (κ1) is 18.0. The van der Waals surface area contributed by atoms with Crippen molar-refractivity contribution in [3.8, 4) is 0 Å². The second-order valence-corrected chi connectivity index (χ2v) is 7.64. The number of carbonyl (C=O) groups is 1. The van der Waals surface area contributed by atoms with Crippen LogP contribution >= 0.6 is 11.3 Å². The van der Waals surface area contributed by atoms with Gasteiger partial charge in [0.25, 0.3) is 5.91 Å². The molecule has 1 aliphatic rings. The molecule has 6 heteroatoms. The van der Waals surface area contributed by atoms with Gasteiger partial charge in [0.1, 0.15) is 11.5 Å². The van der Waals surface area contributed by atoms with E-state index in [1.165, 1.54) is 29.9 Å². The number of carbonyl (C=O) groups excluding carboxylic acids is 1. The number of nitrogens with one attached hydrogen (secondary N) is 1. The van der Waals surface area contributed by atoms with Crippen LogP contribution in [0.2, 0.25) is 0 Å². The molecule has 4 nitrogen and oxygen atoms in total. The van der Waals surface area contributed by atoms with Crippen LogP contribution < -0.4 is 11.1 Å². The number of rotatable bonds is 6. The average Bonchev–Trinajstić information content (AvgIpc) is 3.10. The maximum Gasteiger partial charge on any atom is 0.270 e. The Morgan fingerprint density at radius 3 is 2.64 bits per heavy atom. The Kier molecular flexibility index (Phi) is 5.81. The van der Waals surface area contributed by atoms with Crippen molar-refractivity contribution in [2.75, 3.05) is 13.1 Å². The van der Waals surface area contributed by atoms with E-state index in [4.69, 9.17) is 5.73 Å². The zero-order valence-corrected chi connectivity index (χ0v) is 15.1. The highest BCUT2D eigenvalue weighted by Crippen LogP contribution is 2.39. The lowest BCUT2D eigenvalue weighted by atomic mass is 9.69. The lowest BCUT2D eigenvalue weighted by molar-refractivity contribution is 0.0932. The molecule has 1 aliphatic carbocycles. The molecule has 1 aromatic heterocycles. The molecule has 0 unspecified atom stereocenters. The Balaban J connectivity index is 1.72. The predicted molar refractivity (Wildman–Crippen MR) is 98.4 cm³/mol. The van der Waals surface area contributed by atoms with Crippen molar-refractivity contribution in [3.63, 3.8) is 0 Å². The number of hydrogen-bond acceptors (Lipinski definition) is 4. The van der Waals surface area contributed by atoms with Crippen molar-refractivity contribution in [3.05, 3.63) is 51.7 Å². The van der Waals surface area contributed by atoms with Gasteiger partial charge in [0, 0.05) is 23.8 Å². The van der Waals surface area contributed by atoms with Gasteiger partial charge >= 0.3 is 0 Å². The highest BCUT2D eigenvalue weighted by molar-refractivity contribution is 7.09. The first-order chi connectivity index (χ1) is 12.1. The van der Waals surface area contributed by atoms with E-state index in [0.717, 1.165) is 36.3 Å². The van der Waals surface area contributed by atoms with Gasteiger partial charge in [-0.05, 0) is 37.1 Å². The fraction of sp³-hybridized carbons (Fsp3) is 0.474. The number of aromatic nitrogens is 1. The van der Waals surface area contributed by atoms with E-state index >= 15 is 0 Å². The summed E-state index contributed by atoms with van der Waals surface area (Å²) in [5.41, 5.74) is 6.98. The van der Waals surface area contributed by atoms with Gasteiger partial charge in [-0.1, -0.05) is 31.4 Å². The van der Waals surface area contributed by atoms with E-state index in [0.29, 0.717) is 25.2 Å². The molecule has 0 aliphatic heterocycles. The third-order valence-electron chi connectivity index (χ3n) is 5.00. The fourth-order valence-corrected chi connectivity index (χ4v) is 4.39. The average molecular weight is 361 g/mol. The molecule has 25 heavy (non-hydrogen) atoms. The van der Waals surface area contributed by atoms with Gasteiger partial charge in [-0.25, -0.2) is 9.37 Å². The van der Waals surface area contributed by atoms with E-state index in [9.17, 15) is 9.18 Å². The summed E-state index contributed by atoms with van der Waals surface area (Å²) in [4.78, 5) is 16.8. The third-order valence-corrected chi connectivity index (χ3v) is 5.91. The van der Waals surface area contributed by atoms with Gasteiger partial charge in [-0.2, -0.15) is 0 Å². The van der Waals surface area contributed by atoms with Crippen LogP contribution in [0.1, 0.15) is 53.2 Å². The number of nitrogens with two attached hydrogens (primary N) is 1. The quantitative estimate of drug-likeness (QED) is 0.828. The number of halogens is 1. The minimum absolute atomic E-state index is 0.113. The van der Waals surface area contributed by atoms with Crippen molar-refractivity contribution in [2.24, 2.45) is 5.73 Å². The van der Waals surface area contributed by atoms with E-state index < -0.39 is 0 Å². The minimum atomic E-state index is -0.228. The monoisotopic (exact) mass is 361 g/mol. The summed E-state index contributed by atoms with van der Waals surface area (Å²) in [5.74, 6) is -0.375. The van der Waals surface area contributed by atoms with Crippen molar-refractivity contribution >= 4 is 17.2 Å². The standard InChI is InChI=1S/C19H24FN3OS/c20-15-6-4-14(5-7-15)19(9-2-1-3-10-19)13-22-18(24)16-12-25-17(23-16)8-11-21/h4-7,12H,1-3,8-11,13,21H2,(H,22,24). The Bertz CT molecular complexity index is 708. The Morgan fingerprint density at radius 1 is 1.24 bits per heavy atom. The lowest BCUT2D eigenvalue weighted by Crippen LogP contribution is -2.42. The van der Waals surface area contributed by atoms with Gasteiger partial charge in [0.15, 0.2) is 0 Å². The van der Waals surface area contributed by atoms with Crippen molar-refractivity contribution in [1.29, 1.82) is 0 Å². The molecule has 3 N–H and O–H groups in total. The predicted octanol–water partition coefficient (Wildman–Crippen LogP) is 3.42. The van der Waals surface area contributed by atoms with Crippen LogP contribution in [0.4, 0.5) is 4.39 Å². The summed E-state index contributed by atoms with van der Waals surface area (Å²) in [6.07, 6.45) is 6.18. The Hall–Kier alpha value is -1.79. The van der Waals surface area contributed by atoms with Gasteiger partial charge in [0.05, 0.1) is 5.01 Å². The molecule has 0 bridgehead atoms. The summed E-state index contributed by atoms with van der Waals surface area (Å²) in [6, 6.07) is 6.73. The van der Waals surface area contributed by atoms with Crippen molar-refractivity contribution in [2.45, 2.75) is 43.9 Å². The highest BCUT2D eigenvalue weighted by Gasteiger charge is 2.34. The summed E-state index contributed by atoms with van der Waals surface area (Å²) in [5, 5.41) is 5.73. The zero-order valence-electron chi connectivity index (χ0n) is 14.3. The fourth-order valence-electron chi connectivity index (χ4n) is 3.59. The summed E-state index contributed by atoms with van der Waals surface area (Å²) < 4.78 is 13.3. The SMILES string of the molecule is NCCc1nc(C(=O)NCC2(c3ccc(F)cc3)CCCCC2)cs1. The Morgan fingerprint density at radius 2 is 1.96 bits per heavy atom. The molecule has 0 spiro atoms. The number of benzene rings is 1. The van der Waals surface area contributed by atoms with E-state index in [-0.39, 0.29) is 17.1 Å². The smallest absolute Gasteiger partial charge is 0.270 e. The van der Waals surface area contributed by atoms with Crippen LogP contribution in [-0.2, 0) is 11.8 Å². The molecular formula is C19H24FN3OS. The van der Waals surface area contributed by atoms with Crippen LogP contribution in [0.15, 0.2) is 29.6 Å². The third kappa shape index (κ3) is 4.25. The Labute approximate surface area is 151 Å². The first-order valence-electron chi connectivity index (χ1n) is 8.82. The van der Waals surface area contributed by atoms with Crippen LogP contribution in [0.25, 0.3) is 0 Å². The number of hydrogen-bond donors (Lipinski definition) is 2. The first-order valence-corrected chi connectivity index (χ1v) is 9.70. The highest BCUT2D eigenvalue weighted by atomic mass is 32.1. The van der Waals surface area contributed by atoms with E-state index in [2.05, 4.69) is 10.3 Å².